The number of benzene rings is 2. The number of hydrogen-bond donors (Lipinski definition) is 1. The van der Waals surface area contributed by atoms with Gasteiger partial charge < -0.3 is 9.47 Å². The highest BCUT2D eigenvalue weighted by atomic mass is 35.5. The summed E-state index contributed by atoms with van der Waals surface area (Å²) in [4.78, 5) is 22.3. The molecule has 8 nitrogen and oxygen atoms in total. The molecular formula is C32H25ClF7N5O3S. The van der Waals surface area contributed by atoms with Gasteiger partial charge in [-0.25, -0.2) is 13.6 Å². The molecule has 2 aromatic carbocycles. The van der Waals surface area contributed by atoms with Crippen molar-refractivity contribution in [2.45, 2.75) is 57.3 Å². The third-order valence-electron chi connectivity index (χ3n) is 8.36. The fraction of sp³-hybridized carbons (Fsp3) is 0.375. The number of nitriles is 1. The number of hydrogen-bond acceptors (Lipinski definition) is 8. The minimum Gasteiger partial charge on any atom is -0.461 e. The Bertz CT molecular complexity index is 2100. The van der Waals surface area contributed by atoms with Crippen LogP contribution in [0.2, 0.25) is 5.15 Å². The van der Waals surface area contributed by atoms with Crippen LogP contribution in [0.1, 0.15) is 51.2 Å². The van der Waals surface area contributed by atoms with Crippen LogP contribution in [0.4, 0.5) is 40.5 Å². The van der Waals surface area contributed by atoms with Gasteiger partial charge in [0.2, 0.25) is 0 Å². The van der Waals surface area contributed by atoms with E-state index < -0.39 is 85.4 Å². The molecule has 4 aromatic rings. The van der Waals surface area contributed by atoms with Crippen LogP contribution in [0.25, 0.3) is 32.1 Å². The summed E-state index contributed by atoms with van der Waals surface area (Å²) in [6.07, 6.45) is -6.71. The minimum atomic E-state index is -5.19. The number of ether oxygens (including phenoxy) is 2. The molecule has 2 fully saturated rings. The summed E-state index contributed by atoms with van der Waals surface area (Å²) in [6, 6.07) is 3.53. The number of aromatic nitrogens is 2. The summed E-state index contributed by atoms with van der Waals surface area (Å²) < 4.78 is 113. The number of thiophene rings is 1. The third-order valence-corrected chi connectivity index (χ3v) is 9.76. The van der Waals surface area contributed by atoms with Crippen LogP contribution in [0.5, 0.6) is 6.01 Å². The molecule has 17 heteroatoms. The zero-order valence-corrected chi connectivity index (χ0v) is 27.5. The Kier molecular flexibility index (Phi) is 8.69. The number of halogens is 8. The van der Waals surface area contributed by atoms with Crippen LogP contribution in [0, 0.1) is 23.0 Å². The Balaban J connectivity index is 1.49. The molecule has 2 aromatic heterocycles. The number of nitrogens with one attached hydrogen (secondary N) is 1. The number of anilines is 1. The fourth-order valence-electron chi connectivity index (χ4n) is 6.36. The van der Waals surface area contributed by atoms with E-state index in [0.717, 1.165) is 18.6 Å². The van der Waals surface area contributed by atoms with Crippen molar-refractivity contribution in [2.75, 3.05) is 25.0 Å². The van der Waals surface area contributed by atoms with Crippen molar-refractivity contribution in [1.82, 2.24) is 14.9 Å². The summed E-state index contributed by atoms with van der Waals surface area (Å²) in [5.74, 6) is -2.46. The maximum Gasteiger partial charge on any atom is 0.417 e. The second-order valence-corrected chi connectivity index (χ2v) is 14.1. The van der Waals surface area contributed by atoms with Gasteiger partial charge >= 0.3 is 18.3 Å². The number of nitrogens with zero attached hydrogens (tertiary/aromatic N) is 4. The first-order valence-corrected chi connectivity index (χ1v) is 15.9. The predicted molar refractivity (Wildman–Crippen MR) is 168 cm³/mol. The SMILES string of the molecule is CC(C)(C)OC(=O)Nc1sc2c(F)ccc(-c3c(C(F)(F)F)cc4c(Cl)nc(OC[C@@]56CCCN5CC(=C(F)F)C6)nc4c3F)c2c1C#N. The Morgan fingerprint density at radius 1 is 1.20 bits per heavy atom. The van der Waals surface area contributed by atoms with E-state index >= 15 is 8.78 Å². The van der Waals surface area contributed by atoms with E-state index in [0.29, 0.717) is 30.4 Å². The molecule has 1 N–H and O–H groups in total. The van der Waals surface area contributed by atoms with E-state index in [1.54, 1.807) is 26.8 Å². The number of carbonyl (C=O) groups excluding carboxylic acids is 1. The summed E-state index contributed by atoms with van der Waals surface area (Å²) >= 11 is 6.82. The van der Waals surface area contributed by atoms with E-state index in [9.17, 15) is 32.0 Å². The van der Waals surface area contributed by atoms with Crippen LogP contribution in [-0.4, -0.2) is 51.8 Å². The molecular weight excluding hydrogens is 703 g/mol. The highest BCUT2D eigenvalue weighted by Crippen LogP contribution is 2.49. The Hall–Kier alpha value is -4.20. The van der Waals surface area contributed by atoms with Crippen LogP contribution >= 0.6 is 22.9 Å². The van der Waals surface area contributed by atoms with E-state index in [4.69, 9.17) is 21.1 Å². The van der Waals surface area contributed by atoms with Gasteiger partial charge in [-0.2, -0.15) is 37.2 Å². The lowest BCUT2D eigenvalue weighted by Gasteiger charge is -2.30. The molecule has 6 rings (SSSR count). The van der Waals surface area contributed by atoms with Crippen molar-refractivity contribution >= 4 is 55.0 Å². The van der Waals surface area contributed by atoms with Crippen molar-refractivity contribution in [3.05, 3.63) is 57.8 Å². The zero-order valence-electron chi connectivity index (χ0n) is 25.9. The first kappa shape index (κ1) is 34.7. The summed E-state index contributed by atoms with van der Waals surface area (Å²) in [6.45, 7) is 5.16. The molecule has 258 valence electrons. The molecule has 0 saturated carbocycles. The van der Waals surface area contributed by atoms with Crippen LogP contribution in [0.15, 0.2) is 29.9 Å². The summed E-state index contributed by atoms with van der Waals surface area (Å²) in [5.41, 5.74) is -5.96. The van der Waals surface area contributed by atoms with Gasteiger partial charge in [-0.15, -0.1) is 11.3 Å². The lowest BCUT2D eigenvalue weighted by Crippen LogP contribution is -2.43. The molecule has 2 saturated heterocycles. The molecule has 0 unspecified atom stereocenters. The van der Waals surface area contributed by atoms with Gasteiger partial charge in [-0.1, -0.05) is 17.7 Å². The van der Waals surface area contributed by atoms with Crippen LogP contribution in [0.3, 0.4) is 0 Å². The van der Waals surface area contributed by atoms with E-state index in [-0.39, 0.29) is 40.2 Å². The quantitative estimate of drug-likeness (QED) is 0.162. The molecule has 0 bridgehead atoms. The first-order valence-electron chi connectivity index (χ1n) is 14.8. The van der Waals surface area contributed by atoms with E-state index in [2.05, 4.69) is 15.3 Å². The van der Waals surface area contributed by atoms with Gasteiger partial charge in [0, 0.05) is 28.5 Å². The lowest BCUT2D eigenvalue weighted by molar-refractivity contribution is -0.137. The summed E-state index contributed by atoms with van der Waals surface area (Å²) in [7, 11) is 0. The molecule has 1 atom stereocenters. The maximum atomic E-state index is 16.6. The second kappa shape index (κ2) is 12.3. The van der Waals surface area contributed by atoms with Gasteiger partial charge in [0.1, 0.15) is 39.8 Å². The maximum absolute atomic E-state index is 16.6. The third kappa shape index (κ3) is 6.35. The molecule has 0 spiro atoms. The van der Waals surface area contributed by atoms with Crippen LogP contribution in [-0.2, 0) is 10.9 Å². The largest absolute Gasteiger partial charge is 0.461 e. The average Bonchev–Trinajstić information content (AvgIpc) is 3.66. The molecule has 49 heavy (non-hydrogen) atoms. The van der Waals surface area contributed by atoms with Crippen molar-refractivity contribution < 1.29 is 45.0 Å². The second-order valence-electron chi connectivity index (χ2n) is 12.7. The van der Waals surface area contributed by atoms with Crippen molar-refractivity contribution in [3.63, 3.8) is 0 Å². The number of rotatable bonds is 5. The van der Waals surface area contributed by atoms with E-state index in [1.807, 2.05) is 4.90 Å². The Labute approximate surface area is 283 Å². The molecule has 1 amide bonds. The number of amides is 1. The van der Waals surface area contributed by atoms with Crippen molar-refractivity contribution in [1.29, 1.82) is 5.26 Å². The molecule has 0 radical (unpaired) electrons. The first-order chi connectivity index (χ1) is 22.9. The van der Waals surface area contributed by atoms with Crippen molar-refractivity contribution in [2.24, 2.45) is 0 Å². The van der Waals surface area contributed by atoms with Gasteiger partial charge in [0.05, 0.1) is 21.4 Å². The Morgan fingerprint density at radius 3 is 2.59 bits per heavy atom. The average molecular weight is 728 g/mol. The van der Waals surface area contributed by atoms with Crippen LogP contribution < -0.4 is 10.1 Å². The van der Waals surface area contributed by atoms with Gasteiger partial charge in [0.25, 0.3) is 6.08 Å². The number of fused-ring (bicyclic) bond motifs is 3. The molecule has 2 aliphatic rings. The smallest absolute Gasteiger partial charge is 0.417 e. The van der Waals surface area contributed by atoms with Crippen molar-refractivity contribution in [3.8, 4) is 23.2 Å². The number of carbonyl (C=O) groups is 1. The highest BCUT2D eigenvalue weighted by molar-refractivity contribution is 7.23. The van der Waals surface area contributed by atoms with Gasteiger partial charge in [0.15, 0.2) is 5.82 Å². The Morgan fingerprint density at radius 2 is 1.94 bits per heavy atom. The standard InChI is InChI=1S/C32H25ClF7N5O3S/c1-30(2,3)48-29(46)44-27-17(11-41)20-15(5-6-19(34)24(20)49-27)21-18(32(38,39)40)9-16-23(22(21)35)42-28(43-25(16)33)47-13-31-7-4-8-45(31)12-14(10-31)26(36)37/h5-6,9H,4,7-8,10,12-13H2,1-3H3,(H,44,46)/t31-/m0/s1. The lowest BCUT2D eigenvalue weighted by atomic mass is 9.92. The normalized spacial score (nSPS) is 18.2. The minimum absolute atomic E-state index is 0.0251. The van der Waals surface area contributed by atoms with E-state index in [1.165, 1.54) is 0 Å². The summed E-state index contributed by atoms with van der Waals surface area (Å²) in [5, 5.41) is 10.7. The topological polar surface area (TPSA) is 100 Å². The monoisotopic (exact) mass is 727 g/mol. The molecule has 2 aliphatic heterocycles. The van der Waals surface area contributed by atoms with Gasteiger partial charge in [-0.05, 0) is 64.3 Å². The van der Waals surface area contributed by atoms with Gasteiger partial charge in [-0.3, -0.25) is 10.2 Å². The molecule has 0 aliphatic carbocycles. The zero-order chi connectivity index (χ0) is 35.6. The molecule has 4 heterocycles. The predicted octanol–water partition coefficient (Wildman–Crippen LogP) is 9.45. The fourth-order valence-corrected chi connectivity index (χ4v) is 7.64. The highest BCUT2D eigenvalue weighted by Gasteiger charge is 2.48. The number of alkyl halides is 3.